The second-order valence-electron chi connectivity index (χ2n) is 3.89. The molecule has 0 radical (unpaired) electrons. The van der Waals surface area contributed by atoms with Crippen molar-refractivity contribution in [1.29, 1.82) is 0 Å². The number of hydrogen-bond donors (Lipinski definition) is 1. The number of aliphatic hydroxyl groups excluding tert-OH is 1. The molecule has 1 aromatic heterocycles. The molecule has 0 spiro atoms. The number of rotatable bonds is 8. The van der Waals surface area contributed by atoms with E-state index in [1.807, 2.05) is 0 Å². The van der Waals surface area contributed by atoms with Crippen LogP contribution >= 0.6 is 0 Å². The molecule has 1 unspecified atom stereocenters. The van der Waals surface area contributed by atoms with Crippen LogP contribution in [0.15, 0.2) is 17.3 Å². The summed E-state index contributed by atoms with van der Waals surface area (Å²) in [6.07, 6.45) is 3.01. The number of methoxy groups -OCH3 is 1. The molecule has 1 rings (SSSR count). The minimum Gasteiger partial charge on any atom is -0.389 e. The van der Waals surface area contributed by atoms with E-state index in [1.165, 1.54) is 17.1 Å². The van der Waals surface area contributed by atoms with E-state index in [0.717, 1.165) is 6.26 Å². The SMILES string of the molecule is COCCOCC(O)Cn1cc(S(C)(=O)=O)cn1. The van der Waals surface area contributed by atoms with E-state index in [0.29, 0.717) is 13.2 Å². The Morgan fingerprint density at radius 2 is 2.22 bits per heavy atom. The van der Waals surface area contributed by atoms with Crippen LogP contribution in [0.3, 0.4) is 0 Å². The van der Waals surface area contributed by atoms with Crippen LogP contribution in [0.25, 0.3) is 0 Å². The maximum atomic E-state index is 11.2. The minimum absolute atomic E-state index is 0.134. The maximum absolute atomic E-state index is 11.2. The molecule has 0 saturated heterocycles. The Bertz CT molecular complexity index is 457. The lowest BCUT2D eigenvalue weighted by atomic mass is 10.4. The fraction of sp³-hybridized carbons (Fsp3) is 0.700. The standard InChI is InChI=1S/C10H18N2O5S/c1-16-3-4-17-8-9(13)6-12-7-10(5-11-12)18(2,14)15/h5,7,9,13H,3-4,6,8H2,1-2H3. The second kappa shape index (κ2) is 6.83. The molecule has 104 valence electrons. The first-order chi connectivity index (χ1) is 8.43. The van der Waals surface area contributed by atoms with Crippen LogP contribution < -0.4 is 0 Å². The van der Waals surface area contributed by atoms with Gasteiger partial charge in [0.2, 0.25) is 0 Å². The maximum Gasteiger partial charge on any atom is 0.178 e. The molecule has 18 heavy (non-hydrogen) atoms. The summed E-state index contributed by atoms with van der Waals surface area (Å²) in [6.45, 7) is 1.20. The van der Waals surface area contributed by atoms with Crippen molar-refractivity contribution in [3.63, 3.8) is 0 Å². The van der Waals surface area contributed by atoms with Gasteiger partial charge in [-0.1, -0.05) is 0 Å². The molecule has 0 amide bonds. The normalized spacial score (nSPS) is 13.7. The molecule has 1 atom stereocenters. The molecule has 1 aromatic rings. The van der Waals surface area contributed by atoms with Crippen molar-refractivity contribution >= 4 is 9.84 Å². The number of sulfone groups is 1. The largest absolute Gasteiger partial charge is 0.389 e. The van der Waals surface area contributed by atoms with Crippen molar-refractivity contribution in [3.8, 4) is 0 Å². The lowest BCUT2D eigenvalue weighted by Gasteiger charge is -2.10. The number of hydrogen-bond acceptors (Lipinski definition) is 6. The third kappa shape index (κ3) is 5.13. The van der Waals surface area contributed by atoms with Crippen LogP contribution in [-0.4, -0.2) is 62.6 Å². The van der Waals surface area contributed by atoms with E-state index in [4.69, 9.17) is 9.47 Å². The third-order valence-electron chi connectivity index (χ3n) is 2.18. The zero-order valence-corrected chi connectivity index (χ0v) is 11.3. The van der Waals surface area contributed by atoms with Crippen molar-refractivity contribution in [2.24, 2.45) is 0 Å². The summed E-state index contributed by atoms with van der Waals surface area (Å²) < 4.78 is 33.8. The van der Waals surface area contributed by atoms with E-state index in [-0.39, 0.29) is 18.0 Å². The highest BCUT2D eigenvalue weighted by Gasteiger charge is 2.12. The Labute approximate surface area is 106 Å². The van der Waals surface area contributed by atoms with Gasteiger partial charge in [-0.2, -0.15) is 5.10 Å². The van der Waals surface area contributed by atoms with Crippen LogP contribution in [0.2, 0.25) is 0 Å². The van der Waals surface area contributed by atoms with Gasteiger partial charge in [0.05, 0.1) is 38.7 Å². The molecular formula is C10H18N2O5S. The average molecular weight is 278 g/mol. The highest BCUT2D eigenvalue weighted by atomic mass is 32.2. The van der Waals surface area contributed by atoms with Crippen molar-refractivity contribution in [2.45, 2.75) is 17.5 Å². The predicted octanol–water partition coefficient (Wildman–Crippen LogP) is -0.689. The average Bonchev–Trinajstić information content (AvgIpc) is 2.72. The summed E-state index contributed by atoms with van der Waals surface area (Å²) in [6, 6.07) is 0. The Kier molecular flexibility index (Phi) is 5.73. The molecule has 0 aliphatic heterocycles. The van der Waals surface area contributed by atoms with Gasteiger partial charge >= 0.3 is 0 Å². The van der Waals surface area contributed by atoms with Gasteiger partial charge in [0.25, 0.3) is 0 Å². The number of aromatic nitrogens is 2. The van der Waals surface area contributed by atoms with Gasteiger partial charge in [-0.05, 0) is 0 Å². The van der Waals surface area contributed by atoms with Gasteiger partial charge < -0.3 is 14.6 Å². The molecule has 0 bridgehead atoms. The molecule has 8 heteroatoms. The molecule has 1 heterocycles. The van der Waals surface area contributed by atoms with E-state index >= 15 is 0 Å². The summed E-state index contributed by atoms with van der Waals surface area (Å²) in [7, 11) is -1.69. The molecule has 0 saturated carbocycles. The molecule has 0 aromatic carbocycles. The predicted molar refractivity (Wildman–Crippen MR) is 64.0 cm³/mol. The van der Waals surface area contributed by atoms with Crippen LogP contribution in [0.4, 0.5) is 0 Å². The van der Waals surface area contributed by atoms with Crippen LogP contribution in [0.5, 0.6) is 0 Å². The minimum atomic E-state index is -3.25. The quantitative estimate of drug-likeness (QED) is 0.633. The Morgan fingerprint density at radius 3 is 2.78 bits per heavy atom. The fourth-order valence-electron chi connectivity index (χ4n) is 1.27. The van der Waals surface area contributed by atoms with Gasteiger partial charge in [0.15, 0.2) is 9.84 Å². The van der Waals surface area contributed by atoms with Crippen molar-refractivity contribution in [1.82, 2.24) is 9.78 Å². The van der Waals surface area contributed by atoms with E-state index in [1.54, 1.807) is 7.11 Å². The summed E-state index contributed by atoms with van der Waals surface area (Å²) in [5.41, 5.74) is 0. The van der Waals surface area contributed by atoms with E-state index in [2.05, 4.69) is 5.10 Å². The molecule has 7 nitrogen and oxygen atoms in total. The van der Waals surface area contributed by atoms with Crippen LogP contribution in [-0.2, 0) is 25.9 Å². The zero-order valence-electron chi connectivity index (χ0n) is 10.4. The van der Waals surface area contributed by atoms with E-state index < -0.39 is 15.9 Å². The molecule has 0 fully saturated rings. The van der Waals surface area contributed by atoms with Crippen LogP contribution in [0, 0.1) is 0 Å². The lowest BCUT2D eigenvalue weighted by molar-refractivity contribution is 0.00595. The Hall–Kier alpha value is -0.960. The smallest absolute Gasteiger partial charge is 0.178 e. The third-order valence-corrected chi connectivity index (χ3v) is 3.24. The van der Waals surface area contributed by atoms with Gasteiger partial charge in [-0.3, -0.25) is 4.68 Å². The molecular weight excluding hydrogens is 260 g/mol. The second-order valence-corrected chi connectivity index (χ2v) is 5.91. The van der Waals surface area contributed by atoms with Crippen molar-refractivity contribution in [3.05, 3.63) is 12.4 Å². The number of nitrogens with zero attached hydrogens (tertiary/aromatic N) is 2. The summed E-state index contributed by atoms with van der Waals surface area (Å²) in [4.78, 5) is 0.134. The van der Waals surface area contributed by atoms with Gasteiger partial charge in [0, 0.05) is 19.6 Å². The van der Waals surface area contributed by atoms with E-state index in [9.17, 15) is 13.5 Å². The Balaban J connectivity index is 2.40. The number of ether oxygens (including phenoxy) is 2. The summed E-state index contributed by atoms with van der Waals surface area (Å²) >= 11 is 0. The molecule has 1 N–H and O–H groups in total. The first-order valence-corrected chi connectivity index (χ1v) is 7.30. The zero-order chi connectivity index (χ0) is 13.6. The number of aliphatic hydroxyl groups is 1. The highest BCUT2D eigenvalue weighted by molar-refractivity contribution is 7.90. The highest BCUT2D eigenvalue weighted by Crippen LogP contribution is 2.06. The first-order valence-electron chi connectivity index (χ1n) is 5.40. The topological polar surface area (TPSA) is 90.6 Å². The van der Waals surface area contributed by atoms with Crippen molar-refractivity contribution in [2.75, 3.05) is 33.2 Å². The Morgan fingerprint density at radius 1 is 1.50 bits per heavy atom. The molecule has 0 aliphatic carbocycles. The molecule has 0 aliphatic rings. The van der Waals surface area contributed by atoms with Gasteiger partial charge in [-0.15, -0.1) is 0 Å². The lowest BCUT2D eigenvalue weighted by Crippen LogP contribution is -2.23. The summed E-state index contributed by atoms with van der Waals surface area (Å²) in [5.74, 6) is 0. The first kappa shape index (κ1) is 15.1. The monoisotopic (exact) mass is 278 g/mol. The summed E-state index contributed by atoms with van der Waals surface area (Å²) in [5, 5.41) is 13.5. The fourth-order valence-corrected chi connectivity index (χ4v) is 1.82. The van der Waals surface area contributed by atoms with Gasteiger partial charge in [-0.25, -0.2) is 8.42 Å². The van der Waals surface area contributed by atoms with Crippen molar-refractivity contribution < 1.29 is 23.0 Å². The van der Waals surface area contributed by atoms with Crippen LogP contribution in [0.1, 0.15) is 0 Å². The van der Waals surface area contributed by atoms with Gasteiger partial charge in [0.1, 0.15) is 4.90 Å².